The molecule has 4 heteroatoms. The lowest BCUT2D eigenvalue weighted by atomic mass is 10.0. The van der Waals surface area contributed by atoms with Gasteiger partial charge >= 0.3 is 0 Å². The maximum Gasteiger partial charge on any atom is 0.227 e. The quantitative estimate of drug-likeness (QED) is 0.884. The predicted molar refractivity (Wildman–Crippen MR) is 74.9 cm³/mol. The first-order valence-electron chi connectivity index (χ1n) is 6.84. The van der Waals surface area contributed by atoms with Gasteiger partial charge in [-0.05, 0) is 31.0 Å². The van der Waals surface area contributed by atoms with Crippen molar-refractivity contribution in [3.8, 4) is 0 Å². The average molecular weight is 262 g/mol. The Morgan fingerprint density at radius 1 is 1.47 bits per heavy atom. The predicted octanol–water partition coefficient (Wildman–Crippen LogP) is 1.11. The molecule has 1 fully saturated rings. The van der Waals surface area contributed by atoms with Gasteiger partial charge in [0.15, 0.2) is 0 Å². The highest BCUT2D eigenvalue weighted by Crippen LogP contribution is 2.13. The first-order chi connectivity index (χ1) is 9.20. The fraction of sp³-hybridized carbons (Fsp3) is 0.533. The number of rotatable bonds is 4. The SMILES string of the molecule is Cc1ccccc1CC(=O)N1CCOC(CCN)C1. The molecule has 19 heavy (non-hydrogen) atoms. The molecule has 4 nitrogen and oxygen atoms in total. The maximum atomic E-state index is 12.3. The highest BCUT2D eigenvalue weighted by Gasteiger charge is 2.23. The molecule has 0 spiro atoms. The lowest BCUT2D eigenvalue weighted by Gasteiger charge is -2.33. The van der Waals surface area contributed by atoms with Crippen LogP contribution in [-0.4, -0.2) is 43.2 Å². The second kappa shape index (κ2) is 6.68. The summed E-state index contributed by atoms with van der Waals surface area (Å²) in [4.78, 5) is 14.2. The molecule has 2 rings (SSSR count). The molecule has 1 aliphatic rings. The molecule has 104 valence electrons. The van der Waals surface area contributed by atoms with E-state index in [2.05, 4.69) is 0 Å². The third-order valence-electron chi connectivity index (χ3n) is 3.58. The minimum atomic E-state index is 0.0968. The van der Waals surface area contributed by atoms with Gasteiger partial charge in [0.05, 0.1) is 19.1 Å². The summed E-state index contributed by atoms with van der Waals surface area (Å²) >= 11 is 0. The van der Waals surface area contributed by atoms with Crippen LogP contribution in [-0.2, 0) is 16.0 Å². The van der Waals surface area contributed by atoms with Gasteiger partial charge in [-0.2, -0.15) is 0 Å². The van der Waals surface area contributed by atoms with Gasteiger partial charge < -0.3 is 15.4 Å². The Labute approximate surface area is 114 Å². The van der Waals surface area contributed by atoms with Crippen molar-refractivity contribution in [2.75, 3.05) is 26.2 Å². The molecular formula is C15H22N2O2. The molecular weight excluding hydrogens is 240 g/mol. The number of nitrogens with zero attached hydrogens (tertiary/aromatic N) is 1. The third kappa shape index (κ3) is 3.78. The van der Waals surface area contributed by atoms with Gasteiger partial charge in [-0.15, -0.1) is 0 Å². The van der Waals surface area contributed by atoms with Gasteiger partial charge in [0.2, 0.25) is 5.91 Å². The van der Waals surface area contributed by atoms with Gasteiger partial charge in [-0.1, -0.05) is 24.3 Å². The van der Waals surface area contributed by atoms with Crippen LogP contribution in [0.2, 0.25) is 0 Å². The molecule has 0 radical (unpaired) electrons. The van der Waals surface area contributed by atoms with E-state index in [-0.39, 0.29) is 12.0 Å². The van der Waals surface area contributed by atoms with Crippen LogP contribution in [0.15, 0.2) is 24.3 Å². The molecule has 1 atom stereocenters. The number of aryl methyl sites for hydroxylation is 1. The summed E-state index contributed by atoms with van der Waals surface area (Å²) in [5.41, 5.74) is 7.82. The second-order valence-electron chi connectivity index (χ2n) is 5.01. The number of carbonyl (C=O) groups excluding carboxylic acids is 1. The van der Waals surface area contributed by atoms with Crippen LogP contribution in [0.3, 0.4) is 0 Å². The Kier molecular flexibility index (Phi) is 4.93. The fourth-order valence-corrected chi connectivity index (χ4v) is 2.39. The molecule has 1 heterocycles. The smallest absolute Gasteiger partial charge is 0.227 e. The first kappa shape index (κ1) is 14.0. The molecule has 1 amide bonds. The summed E-state index contributed by atoms with van der Waals surface area (Å²) in [7, 11) is 0. The van der Waals surface area contributed by atoms with Crippen molar-refractivity contribution in [1.29, 1.82) is 0 Å². The number of amides is 1. The molecule has 0 bridgehead atoms. The topological polar surface area (TPSA) is 55.6 Å². The van der Waals surface area contributed by atoms with Gasteiger partial charge in [0, 0.05) is 13.1 Å². The summed E-state index contributed by atoms with van der Waals surface area (Å²) in [5, 5.41) is 0. The zero-order valence-electron chi connectivity index (χ0n) is 11.5. The summed E-state index contributed by atoms with van der Waals surface area (Å²) in [5.74, 6) is 0.180. The van der Waals surface area contributed by atoms with Crippen molar-refractivity contribution in [1.82, 2.24) is 4.90 Å². The fourth-order valence-electron chi connectivity index (χ4n) is 2.39. The average Bonchev–Trinajstić information content (AvgIpc) is 2.42. The van der Waals surface area contributed by atoms with Gasteiger partial charge in [0.1, 0.15) is 0 Å². The Morgan fingerprint density at radius 2 is 2.26 bits per heavy atom. The maximum absolute atomic E-state index is 12.3. The number of hydrogen-bond donors (Lipinski definition) is 1. The number of hydrogen-bond acceptors (Lipinski definition) is 3. The summed E-state index contributed by atoms with van der Waals surface area (Å²) in [6.07, 6.45) is 1.38. The minimum absolute atomic E-state index is 0.0968. The van der Waals surface area contributed by atoms with E-state index in [1.807, 2.05) is 36.1 Å². The van der Waals surface area contributed by atoms with Crippen LogP contribution in [0.5, 0.6) is 0 Å². The number of ether oxygens (including phenoxy) is 1. The van der Waals surface area contributed by atoms with E-state index in [9.17, 15) is 4.79 Å². The normalized spacial score (nSPS) is 19.5. The van der Waals surface area contributed by atoms with Crippen LogP contribution in [0, 0.1) is 6.92 Å². The van der Waals surface area contributed by atoms with E-state index in [1.54, 1.807) is 0 Å². The summed E-state index contributed by atoms with van der Waals surface area (Å²) < 4.78 is 5.60. The van der Waals surface area contributed by atoms with Crippen LogP contribution >= 0.6 is 0 Å². The Morgan fingerprint density at radius 3 is 3.00 bits per heavy atom. The molecule has 1 aliphatic heterocycles. The molecule has 2 N–H and O–H groups in total. The van der Waals surface area contributed by atoms with Crippen molar-refractivity contribution < 1.29 is 9.53 Å². The molecule has 1 saturated heterocycles. The van der Waals surface area contributed by atoms with Crippen LogP contribution in [0.1, 0.15) is 17.5 Å². The summed E-state index contributed by atoms with van der Waals surface area (Å²) in [6.45, 7) is 4.61. The van der Waals surface area contributed by atoms with E-state index in [4.69, 9.17) is 10.5 Å². The number of nitrogens with two attached hydrogens (primary N) is 1. The highest BCUT2D eigenvalue weighted by atomic mass is 16.5. The Hall–Kier alpha value is -1.39. The van der Waals surface area contributed by atoms with Crippen LogP contribution < -0.4 is 5.73 Å². The third-order valence-corrected chi connectivity index (χ3v) is 3.58. The lowest BCUT2D eigenvalue weighted by molar-refractivity contribution is -0.138. The summed E-state index contributed by atoms with van der Waals surface area (Å²) in [6, 6.07) is 8.03. The molecule has 0 aliphatic carbocycles. The number of benzene rings is 1. The molecule has 1 unspecified atom stereocenters. The van der Waals surface area contributed by atoms with Gasteiger partial charge in [-0.3, -0.25) is 4.79 Å². The monoisotopic (exact) mass is 262 g/mol. The van der Waals surface area contributed by atoms with E-state index < -0.39 is 0 Å². The second-order valence-corrected chi connectivity index (χ2v) is 5.01. The number of morpholine rings is 1. The van der Waals surface area contributed by atoms with Crippen molar-refractivity contribution >= 4 is 5.91 Å². The zero-order chi connectivity index (χ0) is 13.7. The number of carbonyl (C=O) groups is 1. The van der Waals surface area contributed by atoms with Crippen molar-refractivity contribution in [2.24, 2.45) is 5.73 Å². The minimum Gasteiger partial charge on any atom is -0.374 e. The zero-order valence-corrected chi connectivity index (χ0v) is 11.5. The molecule has 1 aromatic rings. The first-order valence-corrected chi connectivity index (χ1v) is 6.84. The van der Waals surface area contributed by atoms with Gasteiger partial charge in [0.25, 0.3) is 0 Å². The highest BCUT2D eigenvalue weighted by molar-refractivity contribution is 5.79. The van der Waals surface area contributed by atoms with Gasteiger partial charge in [-0.25, -0.2) is 0 Å². The molecule has 0 aromatic heterocycles. The van der Waals surface area contributed by atoms with Crippen molar-refractivity contribution in [3.05, 3.63) is 35.4 Å². The standard InChI is InChI=1S/C15H22N2O2/c1-12-4-2-3-5-13(12)10-15(18)17-8-9-19-14(11-17)6-7-16/h2-5,14H,6-11,16H2,1H3. The van der Waals surface area contributed by atoms with Crippen molar-refractivity contribution in [3.63, 3.8) is 0 Å². The van der Waals surface area contributed by atoms with Crippen LogP contribution in [0.25, 0.3) is 0 Å². The van der Waals surface area contributed by atoms with Crippen molar-refractivity contribution in [2.45, 2.75) is 25.9 Å². The Bertz CT molecular complexity index is 432. The van der Waals surface area contributed by atoms with Crippen LogP contribution in [0.4, 0.5) is 0 Å². The van der Waals surface area contributed by atoms with E-state index in [0.717, 1.165) is 12.0 Å². The molecule has 1 aromatic carbocycles. The lowest BCUT2D eigenvalue weighted by Crippen LogP contribution is -2.46. The van der Waals surface area contributed by atoms with E-state index >= 15 is 0 Å². The largest absolute Gasteiger partial charge is 0.374 e. The van der Waals surface area contributed by atoms with E-state index in [1.165, 1.54) is 5.56 Å². The molecule has 0 saturated carbocycles. The van der Waals surface area contributed by atoms with E-state index in [0.29, 0.717) is 32.7 Å². The Balaban J connectivity index is 1.94.